The van der Waals surface area contributed by atoms with Gasteiger partial charge in [-0.3, -0.25) is 19.2 Å². The predicted molar refractivity (Wildman–Crippen MR) is 406 cm³/mol. The molecule has 33 N–H and O–H groups in total. The number of carbonyl (C=O) groups is 4. The lowest BCUT2D eigenvalue weighted by Crippen LogP contribution is -2.71. The van der Waals surface area contributed by atoms with Crippen molar-refractivity contribution in [1.29, 1.82) is 0 Å². The molecule has 4 amide bonds. The van der Waals surface area contributed by atoms with Crippen molar-refractivity contribution in [3.8, 4) is 0 Å². The number of hydrogen-bond donors (Lipinski definition) is 33. The van der Waals surface area contributed by atoms with E-state index in [1.807, 2.05) is 0 Å². The molecule has 11 aliphatic heterocycles. The summed E-state index contributed by atoms with van der Waals surface area (Å²) in [6.45, 7) is -4.01. The topological polar surface area (TPSA) is 897 Å². The second-order valence-electron chi connectivity index (χ2n) is 33.8. The van der Waals surface area contributed by atoms with Gasteiger partial charge in [0.2, 0.25) is 23.6 Å². The van der Waals surface area contributed by atoms with Crippen LogP contribution in [0.15, 0.2) is 0 Å². The van der Waals surface area contributed by atoms with E-state index >= 15 is 0 Å². The van der Waals surface area contributed by atoms with E-state index in [1.165, 1.54) is 13.8 Å². The fourth-order valence-electron chi connectivity index (χ4n) is 17.2. The molecule has 11 heterocycles. The molecule has 11 fully saturated rings. The van der Waals surface area contributed by atoms with Gasteiger partial charge >= 0.3 is 0 Å². The molecule has 0 saturated carbocycles. The van der Waals surface area contributed by atoms with Gasteiger partial charge < -0.3 is 269 Å². The van der Waals surface area contributed by atoms with Crippen LogP contribution in [0.25, 0.3) is 0 Å². The van der Waals surface area contributed by atoms with Gasteiger partial charge in [-0.25, -0.2) is 0 Å². The number of rotatable bonds is 33. The second kappa shape index (κ2) is 47.0. The molecule has 58 nitrogen and oxygen atoms in total. The highest BCUT2D eigenvalue weighted by atomic mass is 16.8. The van der Waals surface area contributed by atoms with Crippen LogP contribution in [0.1, 0.15) is 41.5 Å². The summed E-state index contributed by atoms with van der Waals surface area (Å²) in [5, 5.41) is 336. The highest BCUT2D eigenvalue weighted by Crippen LogP contribution is 2.42. The van der Waals surface area contributed by atoms with Crippen LogP contribution in [0.3, 0.4) is 0 Å². The molecular weight excluding hydrogens is 1810 g/mol. The minimum Gasteiger partial charge on any atom is -0.394 e. The summed E-state index contributed by atoms with van der Waals surface area (Å²) in [5.41, 5.74) is 0. The Kier molecular flexibility index (Phi) is 38.5. The number of nitrogens with one attached hydrogen (secondary N) is 4. The summed E-state index contributed by atoms with van der Waals surface area (Å²) in [7, 11) is 0. The van der Waals surface area contributed by atoms with E-state index in [0.29, 0.717) is 0 Å². The molecule has 0 spiro atoms. The molecule has 55 atom stereocenters. The maximum atomic E-state index is 13.4. The Morgan fingerprint density at radius 3 is 0.955 bits per heavy atom. The van der Waals surface area contributed by atoms with Crippen molar-refractivity contribution in [2.45, 2.75) is 379 Å². The second-order valence-corrected chi connectivity index (χ2v) is 33.8. The third kappa shape index (κ3) is 23.7. The highest BCUT2D eigenvalue weighted by Gasteiger charge is 2.63. The number of aliphatic hydroxyl groups excluding tert-OH is 29. The van der Waals surface area contributed by atoms with E-state index in [-0.39, 0.29) is 0 Å². The molecule has 58 heteroatoms. The zero-order chi connectivity index (χ0) is 97.1. The largest absolute Gasteiger partial charge is 0.394 e. The summed E-state index contributed by atoms with van der Waals surface area (Å²) in [5.74, 6) is -3.80. The number of carbonyl (C=O) groups excluding carboxylic acids is 4. The first-order valence-electron chi connectivity index (χ1n) is 42.4. The van der Waals surface area contributed by atoms with Crippen molar-refractivity contribution in [3.63, 3.8) is 0 Å². The fourth-order valence-corrected chi connectivity index (χ4v) is 17.2. The lowest BCUT2D eigenvalue weighted by molar-refractivity contribution is -0.408. The molecule has 11 saturated heterocycles. The van der Waals surface area contributed by atoms with Gasteiger partial charge in [-0.2, -0.15) is 0 Å². The van der Waals surface area contributed by atoms with E-state index < -0.39 is 421 Å². The predicted octanol–water partition coefficient (Wildman–Crippen LogP) is -22.3. The van der Waals surface area contributed by atoms with Crippen LogP contribution < -0.4 is 21.3 Å². The lowest BCUT2D eigenvalue weighted by Gasteiger charge is -2.52. The summed E-state index contributed by atoms with van der Waals surface area (Å²) < 4.78 is 126. The van der Waals surface area contributed by atoms with Crippen LogP contribution in [-0.4, -0.2) is 569 Å². The third-order valence-corrected chi connectivity index (χ3v) is 24.5. The van der Waals surface area contributed by atoms with Crippen LogP contribution in [-0.2, 0) is 119 Å². The molecule has 132 heavy (non-hydrogen) atoms. The van der Waals surface area contributed by atoms with Gasteiger partial charge in [0, 0.05) is 27.7 Å². The Morgan fingerprint density at radius 2 is 0.485 bits per heavy atom. The Bertz CT molecular complexity index is 3610. The van der Waals surface area contributed by atoms with Crippen LogP contribution in [0.4, 0.5) is 0 Å². The molecule has 0 bridgehead atoms. The molecule has 11 aliphatic rings. The maximum absolute atomic E-state index is 13.4. The summed E-state index contributed by atoms with van der Waals surface area (Å²) in [6, 6.07) is -7.75. The molecule has 764 valence electrons. The van der Waals surface area contributed by atoms with Crippen LogP contribution in [0.5, 0.6) is 0 Å². The standard InChI is InChI=1S/C74H124N4O54/c1-16-35(90)47(102)52(107)68(114-16)112-15-30-58(44(99)31(64(111)116-30)75-18(3)86)125-66-33(77-20(5)88)45(100)56(27(12-84)122-66)126-71-55(110)59(42(97)29(124-71)14-113-72-61(50(105)39(94)24(9-81)119-72)130-65-32(76-19(4)87)43(98)37(92)22(7-79)117-65)128-73-62(51(106)40(95)25(10-82)120-73)131-67-34(78-21(6)89)46(101)57(28(13-85)123-67)127-74-63(132-69-53(108)48(103)36(91)17(2)115-69)60(41(96)26(11-83)121-74)129-70-54(109)49(104)38(93)23(8-80)118-70/h16-17,22-74,79-85,90-111H,7-15H2,1-6H3,(H,75,86)(H,76,87)(H,77,88)(H,78,89)/t16-,17-,22+,23+,24+,25+,26+,27+,28+,29+,30+,31+,32+,33+,34+,35+,36+,37+,38-,39+,40+,41-,42+,43+,44+,45+,46+,47+,48+,49-,50-,51-,52-,53-,54+,55-,56+,57+,58+,59-,60-,61-,62-,63+,64?,65-,66-,67-,68+,69-,70+,71-,72-,73+,74-/m0/s1. The molecular formula is C74H124N4O54. The van der Waals surface area contributed by atoms with Crippen molar-refractivity contribution in [3.05, 3.63) is 0 Å². The van der Waals surface area contributed by atoms with Crippen molar-refractivity contribution in [1.82, 2.24) is 21.3 Å². The van der Waals surface area contributed by atoms with Gasteiger partial charge in [-0.15, -0.1) is 0 Å². The van der Waals surface area contributed by atoms with E-state index in [0.717, 1.165) is 27.7 Å². The van der Waals surface area contributed by atoms with E-state index in [4.69, 9.17) is 99.5 Å². The number of ether oxygens (including phenoxy) is 21. The molecule has 11 rings (SSSR count). The minimum absolute atomic E-state index is 0.854. The fraction of sp³-hybridized carbons (Fsp3) is 0.946. The van der Waals surface area contributed by atoms with Crippen LogP contribution in [0.2, 0.25) is 0 Å². The molecule has 0 aromatic carbocycles. The average Bonchev–Trinajstić information content (AvgIpc) is 0.759. The van der Waals surface area contributed by atoms with Gasteiger partial charge in [0.1, 0.15) is 256 Å². The first-order valence-corrected chi connectivity index (χ1v) is 42.4. The van der Waals surface area contributed by atoms with E-state index in [9.17, 15) is 167 Å². The number of aliphatic hydroxyl groups is 29. The summed E-state index contributed by atoms with van der Waals surface area (Å²) in [6.07, 6.45) is -107. The van der Waals surface area contributed by atoms with Gasteiger partial charge in [0.15, 0.2) is 69.2 Å². The van der Waals surface area contributed by atoms with E-state index in [1.54, 1.807) is 0 Å². The van der Waals surface area contributed by atoms with Crippen molar-refractivity contribution in [2.24, 2.45) is 0 Å². The zero-order valence-electron chi connectivity index (χ0n) is 71.3. The Labute approximate surface area is 748 Å². The lowest BCUT2D eigenvalue weighted by atomic mass is 9.93. The Hall–Kier alpha value is -4.12. The molecule has 0 aromatic heterocycles. The SMILES string of the molecule is CC(=O)N[C@H]1[C@H](O[C@H]2[C@H](O)[C@@H](NC(C)=O)C(O)O[C@@H]2CO[C@@H]2O[C@@H](C)[C@@H](O)[C@@H](O)[C@@H]2O)O[C@H](CO)[C@@H](O[C@@H]2O[C@H](CO[C@H]3O[C@H](CO)[C@@H](O)[C@H](O)[C@@H]3O[C@@H]3O[C@H](CO)[C@@H](O)[C@H](O)[C@H]3NC(C)=O)[C@@H](O)[C@H](O[C@H]3O[C@H](CO)[C@@H](O)[C@H](O)[C@@H]3O[C@@H]3O[C@H](CO)[C@@H](O[C@@H]4O[C@H](CO)[C@H](O)[C@H](O[C@H]5O[C@H](CO)[C@H](O)[C@H](O)[C@H]5O)[C@H]4O[C@@H]4O[C@@H](C)[C@@H](O)[C@@H](O)[C@@H]4O)[C@H](O)[C@H]3NC(C)=O)[C@@H]2O)[C@@H]1O. The Balaban J connectivity index is 0.927. The van der Waals surface area contributed by atoms with Gasteiger partial charge in [-0.05, 0) is 13.8 Å². The minimum atomic E-state index is -2.66. The van der Waals surface area contributed by atoms with Gasteiger partial charge in [0.25, 0.3) is 0 Å². The first kappa shape index (κ1) is 108. The quantitative estimate of drug-likeness (QED) is 0.0290. The monoisotopic (exact) mass is 1930 g/mol. The number of hydrogen-bond acceptors (Lipinski definition) is 54. The van der Waals surface area contributed by atoms with Crippen molar-refractivity contribution in [2.75, 3.05) is 59.5 Å². The van der Waals surface area contributed by atoms with Gasteiger partial charge in [-0.1, -0.05) is 0 Å². The molecule has 0 radical (unpaired) electrons. The average molecular weight is 1930 g/mol. The van der Waals surface area contributed by atoms with E-state index in [2.05, 4.69) is 21.3 Å². The summed E-state index contributed by atoms with van der Waals surface area (Å²) >= 11 is 0. The van der Waals surface area contributed by atoms with Gasteiger partial charge in [0.05, 0.1) is 71.7 Å². The Morgan fingerprint density at radius 1 is 0.212 bits per heavy atom. The van der Waals surface area contributed by atoms with Crippen molar-refractivity contribution >= 4 is 23.6 Å². The van der Waals surface area contributed by atoms with Crippen LogP contribution in [0, 0.1) is 0 Å². The number of amides is 4. The van der Waals surface area contributed by atoms with Crippen LogP contribution >= 0.6 is 0 Å². The molecule has 1 unspecified atom stereocenters. The molecule has 0 aromatic rings. The maximum Gasteiger partial charge on any atom is 0.217 e. The summed E-state index contributed by atoms with van der Waals surface area (Å²) in [4.78, 5) is 51.8. The zero-order valence-corrected chi connectivity index (χ0v) is 71.3. The smallest absolute Gasteiger partial charge is 0.217 e. The normalized spacial score (nSPS) is 50.4. The third-order valence-electron chi connectivity index (χ3n) is 24.5. The van der Waals surface area contributed by atoms with Crippen molar-refractivity contribution < 1.29 is 267 Å². The highest BCUT2D eigenvalue weighted by molar-refractivity contribution is 5.74. The molecule has 0 aliphatic carbocycles. The first-order chi connectivity index (χ1) is 62.4.